The van der Waals surface area contributed by atoms with Crippen LogP contribution in [0, 0.1) is 0 Å². The fourth-order valence-electron chi connectivity index (χ4n) is 2.56. The minimum atomic E-state index is -3.55. The molecule has 0 aromatic heterocycles. The Labute approximate surface area is 119 Å². The number of rotatable bonds is 5. The quantitative estimate of drug-likeness (QED) is 0.709. The molecule has 4 N–H and O–H groups in total. The Hall–Kier alpha value is -1.31. The summed E-state index contributed by atoms with van der Waals surface area (Å²) in [5.74, 6) is 0. The average Bonchev–Trinajstić information content (AvgIpc) is 2.88. The molecule has 2 rings (SSSR count). The molecule has 1 aromatic carbocycles. The summed E-state index contributed by atoms with van der Waals surface area (Å²) >= 11 is 0. The van der Waals surface area contributed by atoms with Gasteiger partial charge in [-0.05, 0) is 44.5 Å². The van der Waals surface area contributed by atoms with Crippen LogP contribution in [0.3, 0.4) is 0 Å². The van der Waals surface area contributed by atoms with Crippen molar-refractivity contribution in [3.63, 3.8) is 0 Å². The van der Waals surface area contributed by atoms with Crippen LogP contribution in [0.4, 0.5) is 11.4 Å². The molecule has 0 bridgehead atoms. The van der Waals surface area contributed by atoms with E-state index in [4.69, 9.17) is 10.5 Å². The number of methoxy groups -OCH3 is 1. The second kappa shape index (κ2) is 5.99. The Morgan fingerprint density at radius 1 is 1.35 bits per heavy atom. The monoisotopic (exact) mass is 299 g/mol. The molecular formula is C13H21N3O3S. The van der Waals surface area contributed by atoms with Crippen molar-refractivity contribution in [2.75, 3.05) is 25.2 Å². The van der Waals surface area contributed by atoms with Gasteiger partial charge in [-0.1, -0.05) is 0 Å². The largest absolute Gasteiger partial charge is 0.399 e. The van der Waals surface area contributed by atoms with E-state index < -0.39 is 10.0 Å². The van der Waals surface area contributed by atoms with E-state index in [9.17, 15) is 8.42 Å². The van der Waals surface area contributed by atoms with Crippen LogP contribution in [0.15, 0.2) is 23.1 Å². The molecule has 112 valence electrons. The lowest BCUT2D eigenvalue weighted by Gasteiger charge is -2.22. The zero-order valence-electron chi connectivity index (χ0n) is 11.7. The third kappa shape index (κ3) is 3.05. The smallest absolute Gasteiger partial charge is 0.242 e. The fraction of sp³-hybridized carbons (Fsp3) is 0.538. The van der Waals surface area contributed by atoms with E-state index in [1.165, 1.54) is 13.1 Å². The van der Waals surface area contributed by atoms with Gasteiger partial charge >= 0.3 is 0 Å². The Bertz CT molecular complexity index is 574. The van der Waals surface area contributed by atoms with Gasteiger partial charge < -0.3 is 15.8 Å². The summed E-state index contributed by atoms with van der Waals surface area (Å²) in [6.45, 7) is 0. The van der Waals surface area contributed by atoms with Gasteiger partial charge in [0.15, 0.2) is 0 Å². The number of ether oxygens (including phenoxy) is 1. The number of nitrogen functional groups attached to an aromatic ring is 1. The van der Waals surface area contributed by atoms with Crippen molar-refractivity contribution in [1.82, 2.24) is 4.72 Å². The first kappa shape index (κ1) is 15.1. The molecule has 0 aliphatic heterocycles. The lowest BCUT2D eigenvalue weighted by molar-refractivity contribution is 0.101. The van der Waals surface area contributed by atoms with Crippen molar-refractivity contribution >= 4 is 21.4 Å². The summed E-state index contributed by atoms with van der Waals surface area (Å²) in [5.41, 5.74) is 6.67. The number of anilines is 2. The molecule has 0 radical (unpaired) electrons. The van der Waals surface area contributed by atoms with Gasteiger partial charge in [0.1, 0.15) is 4.90 Å². The third-order valence-electron chi connectivity index (χ3n) is 3.66. The molecule has 1 fully saturated rings. The molecule has 6 nitrogen and oxygen atoms in total. The lowest BCUT2D eigenvalue weighted by atomic mass is 10.2. The maximum absolute atomic E-state index is 12.1. The van der Waals surface area contributed by atoms with Gasteiger partial charge in [-0.15, -0.1) is 0 Å². The average molecular weight is 299 g/mol. The van der Waals surface area contributed by atoms with Crippen molar-refractivity contribution in [3.8, 4) is 0 Å². The Morgan fingerprint density at radius 2 is 2.10 bits per heavy atom. The molecule has 1 aromatic rings. The minimum absolute atomic E-state index is 0.109. The molecule has 1 aliphatic rings. The van der Waals surface area contributed by atoms with Gasteiger partial charge in [-0.25, -0.2) is 13.1 Å². The van der Waals surface area contributed by atoms with Gasteiger partial charge in [-0.3, -0.25) is 0 Å². The van der Waals surface area contributed by atoms with Gasteiger partial charge in [0, 0.05) is 12.8 Å². The molecule has 0 spiro atoms. The molecule has 0 heterocycles. The van der Waals surface area contributed by atoms with E-state index in [-0.39, 0.29) is 17.0 Å². The predicted molar refractivity (Wildman–Crippen MR) is 79.2 cm³/mol. The fourth-order valence-corrected chi connectivity index (χ4v) is 3.49. The van der Waals surface area contributed by atoms with Gasteiger partial charge in [0.2, 0.25) is 10.0 Å². The summed E-state index contributed by atoms with van der Waals surface area (Å²) in [6.07, 6.45) is 3.12. The van der Waals surface area contributed by atoms with Crippen LogP contribution in [0.25, 0.3) is 0 Å². The Balaban J connectivity index is 2.32. The van der Waals surface area contributed by atoms with E-state index in [1.54, 1.807) is 19.2 Å². The second-order valence-corrected chi connectivity index (χ2v) is 6.77. The number of hydrogen-bond acceptors (Lipinski definition) is 5. The highest BCUT2D eigenvalue weighted by Gasteiger charge is 2.28. The molecular weight excluding hydrogens is 278 g/mol. The third-order valence-corrected chi connectivity index (χ3v) is 5.11. The molecule has 1 aliphatic carbocycles. The van der Waals surface area contributed by atoms with Crippen molar-refractivity contribution in [3.05, 3.63) is 18.2 Å². The molecule has 0 saturated heterocycles. The lowest BCUT2D eigenvalue weighted by Crippen LogP contribution is -2.31. The number of nitrogens with one attached hydrogen (secondary N) is 2. The van der Waals surface area contributed by atoms with Crippen LogP contribution in [0.5, 0.6) is 0 Å². The number of hydrogen-bond donors (Lipinski definition) is 3. The summed E-state index contributed by atoms with van der Waals surface area (Å²) in [7, 11) is -0.486. The van der Waals surface area contributed by atoms with Gasteiger partial charge in [-0.2, -0.15) is 0 Å². The normalized spacial score (nSPS) is 22.9. The van der Waals surface area contributed by atoms with Crippen molar-refractivity contribution < 1.29 is 13.2 Å². The van der Waals surface area contributed by atoms with E-state index in [0.29, 0.717) is 11.4 Å². The Morgan fingerprint density at radius 3 is 2.75 bits per heavy atom. The highest BCUT2D eigenvalue weighted by atomic mass is 32.2. The van der Waals surface area contributed by atoms with E-state index in [1.807, 2.05) is 0 Å². The zero-order chi connectivity index (χ0) is 14.8. The van der Waals surface area contributed by atoms with Crippen LogP contribution in [-0.2, 0) is 14.8 Å². The predicted octanol–water partition coefficient (Wildman–Crippen LogP) is 1.16. The van der Waals surface area contributed by atoms with Crippen LogP contribution in [0.1, 0.15) is 19.3 Å². The standard InChI is InChI=1S/C13H21N3O3S/c1-15-20(17,18)13-8-9(14)6-7-11(13)16-10-4-3-5-12(10)19-2/h6-8,10,12,15-16H,3-5,14H2,1-2H3. The van der Waals surface area contributed by atoms with E-state index >= 15 is 0 Å². The molecule has 1 saturated carbocycles. The molecule has 7 heteroatoms. The van der Waals surface area contributed by atoms with Crippen molar-refractivity contribution in [2.24, 2.45) is 0 Å². The number of sulfonamides is 1. The first-order valence-electron chi connectivity index (χ1n) is 6.60. The molecule has 2 unspecified atom stereocenters. The maximum Gasteiger partial charge on any atom is 0.242 e. The highest BCUT2D eigenvalue weighted by Crippen LogP contribution is 2.29. The topological polar surface area (TPSA) is 93.5 Å². The van der Waals surface area contributed by atoms with Crippen LogP contribution in [0.2, 0.25) is 0 Å². The number of benzene rings is 1. The van der Waals surface area contributed by atoms with Gasteiger partial charge in [0.05, 0.1) is 17.8 Å². The molecule has 0 amide bonds. The minimum Gasteiger partial charge on any atom is -0.399 e. The van der Waals surface area contributed by atoms with Crippen LogP contribution in [-0.4, -0.2) is 34.7 Å². The summed E-state index contributed by atoms with van der Waals surface area (Å²) in [5, 5.41) is 3.28. The SMILES string of the molecule is CNS(=O)(=O)c1cc(N)ccc1NC1CCCC1OC. The second-order valence-electron chi connectivity index (χ2n) is 4.92. The maximum atomic E-state index is 12.1. The van der Waals surface area contributed by atoms with Crippen LogP contribution < -0.4 is 15.8 Å². The Kier molecular flexibility index (Phi) is 4.52. The van der Waals surface area contributed by atoms with Crippen molar-refractivity contribution in [2.45, 2.75) is 36.3 Å². The van der Waals surface area contributed by atoms with E-state index in [0.717, 1.165) is 19.3 Å². The molecule has 2 atom stereocenters. The first-order valence-corrected chi connectivity index (χ1v) is 8.08. The highest BCUT2D eigenvalue weighted by molar-refractivity contribution is 7.89. The molecule has 20 heavy (non-hydrogen) atoms. The number of nitrogens with two attached hydrogens (primary N) is 1. The van der Waals surface area contributed by atoms with Crippen molar-refractivity contribution in [1.29, 1.82) is 0 Å². The van der Waals surface area contributed by atoms with Crippen LogP contribution >= 0.6 is 0 Å². The van der Waals surface area contributed by atoms with E-state index in [2.05, 4.69) is 10.0 Å². The summed E-state index contributed by atoms with van der Waals surface area (Å²) in [4.78, 5) is 0.168. The summed E-state index contributed by atoms with van der Waals surface area (Å²) in [6, 6.07) is 4.97. The summed E-state index contributed by atoms with van der Waals surface area (Å²) < 4.78 is 31.9. The zero-order valence-corrected chi connectivity index (χ0v) is 12.5. The van der Waals surface area contributed by atoms with Gasteiger partial charge in [0.25, 0.3) is 0 Å². The first-order chi connectivity index (χ1) is 9.47.